The van der Waals surface area contributed by atoms with Gasteiger partial charge in [-0.1, -0.05) is 22.6 Å². The van der Waals surface area contributed by atoms with Crippen LogP contribution in [0.4, 0.5) is 0 Å². The number of halogens is 1. The Morgan fingerprint density at radius 1 is 1.64 bits per heavy atom. The number of nitrogens with zero attached hydrogens (tertiary/aromatic N) is 1. The molecule has 3 nitrogen and oxygen atoms in total. The normalized spacial score (nSPS) is 29.4. The summed E-state index contributed by atoms with van der Waals surface area (Å²) in [4.78, 5) is 13.0. The molecule has 1 aliphatic rings. The number of likely N-dealkylation sites (tertiary alicyclic amines) is 1. The molecule has 0 aromatic rings. The van der Waals surface area contributed by atoms with Crippen LogP contribution >= 0.6 is 22.6 Å². The Hall–Kier alpha value is 0.160. The van der Waals surface area contributed by atoms with Gasteiger partial charge in [-0.05, 0) is 39.2 Å². The van der Waals surface area contributed by atoms with Gasteiger partial charge in [-0.2, -0.15) is 0 Å². The number of aliphatic carboxylic acids is 1. The number of alkyl halides is 1. The molecule has 0 aliphatic carbocycles. The highest BCUT2D eigenvalue weighted by molar-refractivity contribution is 14.1. The summed E-state index contributed by atoms with van der Waals surface area (Å²) in [6, 6.07) is 0.572. The number of carboxylic acids is 1. The molecule has 1 fully saturated rings. The second-order valence-electron chi connectivity index (χ2n) is 4.25. The van der Waals surface area contributed by atoms with Gasteiger partial charge in [-0.15, -0.1) is 0 Å². The van der Waals surface area contributed by atoms with Gasteiger partial charge in [0.1, 0.15) is 0 Å². The fourth-order valence-electron chi connectivity index (χ4n) is 2.01. The zero-order valence-electron chi connectivity index (χ0n) is 8.74. The lowest BCUT2D eigenvalue weighted by atomic mass is 9.93. The largest absolute Gasteiger partial charge is 0.481 e. The summed E-state index contributed by atoms with van der Waals surface area (Å²) in [5.41, 5.74) is 0. The van der Waals surface area contributed by atoms with Gasteiger partial charge in [0.25, 0.3) is 0 Å². The van der Waals surface area contributed by atoms with E-state index in [9.17, 15) is 4.79 Å². The zero-order valence-corrected chi connectivity index (χ0v) is 10.9. The summed E-state index contributed by atoms with van der Waals surface area (Å²) in [7, 11) is 0. The summed E-state index contributed by atoms with van der Waals surface area (Å²) < 4.78 is 0.505. The third-order valence-corrected chi connectivity index (χ3v) is 4.03. The van der Waals surface area contributed by atoms with Gasteiger partial charge in [-0.25, -0.2) is 0 Å². The molecule has 1 saturated heterocycles. The topological polar surface area (TPSA) is 40.5 Å². The molecule has 82 valence electrons. The summed E-state index contributed by atoms with van der Waals surface area (Å²) >= 11 is 2.43. The molecule has 0 bridgehead atoms. The Kier molecular flexibility index (Phi) is 4.63. The first-order valence-electron chi connectivity index (χ1n) is 5.12. The second kappa shape index (κ2) is 5.30. The van der Waals surface area contributed by atoms with Crippen molar-refractivity contribution < 1.29 is 9.90 Å². The predicted molar refractivity (Wildman–Crippen MR) is 64.6 cm³/mol. The van der Waals surface area contributed by atoms with Gasteiger partial charge >= 0.3 is 5.97 Å². The van der Waals surface area contributed by atoms with Crippen molar-refractivity contribution in [3.63, 3.8) is 0 Å². The van der Waals surface area contributed by atoms with Crippen molar-refractivity contribution in [1.29, 1.82) is 0 Å². The van der Waals surface area contributed by atoms with Gasteiger partial charge < -0.3 is 5.11 Å². The maximum atomic E-state index is 10.6. The van der Waals surface area contributed by atoms with Gasteiger partial charge in [0.2, 0.25) is 0 Å². The fourth-order valence-corrected chi connectivity index (χ4v) is 3.66. The first kappa shape index (κ1) is 12.2. The molecule has 0 aromatic heterocycles. The van der Waals surface area contributed by atoms with E-state index in [0.29, 0.717) is 22.4 Å². The monoisotopic (exact) mass is 311 g/mol. The molecule has 0 radical (unpaired) electrons. The minimum atomic E-state index is -0.656. The summed E-state index contributed by atoms with van der Waals surface area (Å²) in [6.45, 7) is 5.44. The Bertz CT molecular complexity index is 208. The lowest BCUT2D eigenvalue weighted by Gasteiger charge is -2.38. The number of rotatable bonds is 3. The zero-order chi connectivity index (χ0) is 10.7. The molecule has 4 heteroatoms. The molecular weight excluding hydrogens is 293 g/mol. The van der Waals surface area contributed by atoms with Crippen LogP contribution < -0.4 is 0 Å². The molecule has 1 aliphatic heterocycles. The van der Waals surface area contributed by atoms with Crippen molar-refractivity contribution >= 4 is 28.6 Å². The summed E-state index contributed by atoms with van der Waals surface area (Å²) in [6.07, 6.45) is 2.39. The van der Waals surface area contributed by atoms with Crippen molar-refractivity contribution in [3.05, 3.63) is 0 Å². The van der Waals surface area contributed by atoms with Crippen molar-refractivity contribution in [2.45, 2.75) is 43.2 Å². The molecular formula is C10H18INO2. The third kappa shape index (κ3) is 3.38. The average Bonchev–Trinajstić information content (AvgIpc) is 2.01. The maximum absolute atomic E-state index is 10.6. The van der Waals surface area contributed by atoms with E-state index in [1.165, 1.54) is 0 Å². The van der Waals surface area contributed by atoms with E-state index in [0.717, 1.165) is 19.4 Å². The van der Waals surface area contributed by atoms with Gasteiger partial charge in [-0.3, -0.25) is 9.69 Å². The number of hydrogen-bond donors (Lipinski definition) is 1. The van der Waals surface area contributed by atoms with Crippen LogP contribution in [0.3, 0.4) is 0 Å². The molecule has 0 spiro atoms. The molecule has 1 heterocycles. The van der Waals surface area contributed by atoms with Crippen LogP contribution in [0, 0.1) is 5.92 Å². The lowest BCUT2D eigenvalue weighted by molar-refractivity contribution is -0.138. The van der Waals surface area contributed by atoms with Crippen molar-refractivity contribution in [2.24, 2.45) is 5.92 Å². The number of carbonyl (C=O) groups is 1. The van der Waals surface area contributed by atoms with Crippen LogP contribution in [0.1, 0.15) is 33.1 Å². The highest BCUT2D eigenvalue weighted by atomic mass is 127. The van der Waals surface area contributed by atoms with Crippen molar-refractivity contribution in [2.75, 3.05) is 6.54 Å². The summed E-state index contributed by atoms with van der Waals surface area (Å²) in [5, 5.41) is 8.71. The molecule has 1 rings (SSSR count). The van der Waals surface area contributed by atoms with Crippen LogP contribution in [0.5, 0.6) is 0 Å². The molecule has 0 aromatic carbocycles. The number of piperidine rings is 1. The van der Waals surface area contributed by atoms with Gasteiger partial charge in [0, 0.05) is 12.5 Å². The van der Waals surface area contributed by atoms with E-state index < -0.39 is 5.97 Å². The first-order chi connectivity index (χ1) is 6.50. The summed E-state index contributed by atoms with van der Waals surface area (Å²) in [5.74, 6) is -0.277. The van der Waals surface area contributed by atoms with E-state index in [-0.39, 0.29) is 0 Å². The third-order valence-electron chi connectivity index (χ3n) is 2.81. The minimum Gasteiger partial charge on any atom is -0.481 e. The predicted octanol–water partition coefficient (Wildman–Crippen LogP) is 2.34. The molecule has 14 heavy (non-hydrogen) atoms. The van der Waals surface area contributed by atoms with E-state index >= 15 is 0 Å². The standard InChI is InChI=1S/C10H18INO2/c1-7(2)12-4-3-8(5-9(12)11)6-10(13)14/h7-9H,3-6H2,1-2H3,(H,13,14). The second-order valence-corrected chi connectivity index (χ2v) is 5.69. The van der Waals surface area contributed by atoms with E-state index in [2.05, 4.69) is 41.3 Å². The molecule has 1 N–H and O–H groups in total. The Balaban J connectivity index is 2.42. The van der Waals surface area contributed by atoms with Crippen LogP contribution in [-0.2, 0) is 4.79 Å². The minimum absolute atomic E-state index is 0.339. The van der Waals surface area contributed by atoms with Crippen LogP contribution in [0.15, 0.2) is 0 Å². The SMILES string of the molecule is CC(C)N1CCC(CC(=O)O)CC1I. The van der Waals surface area contributed by atoms with Crippen LogP contribution in [0.25, 0.3) is 0 Å². The molecule has 0 saturated carbocycles. The number of hydrogen-bond acceptors (Lipinski definition) is 2. The van der Waals surface area contributed by atoms with Crippen molar-refractivity contribution in [3.8, 4) is 0 Å². The van der Waals surface area contributed by atoms with Crippen LogP contribution in [0.2, 0.25) is 0 Å². The highest BCUT2D eigenvalue weighted by Crippen LogP contribution is 2.30. The average molecular weight is 311 g/mol. The van der Waals surface area contributed by atoms with E-state index in [1.807, 2.05) is 0 Å². The van der Waals surface area contributed by atoms with Gasteiger partial charge in [0.15, 0.2) is 0 Å². The first-order valence-corrected chi connectivity index (χ1v) is 6.37. The van der Waals surface area contributed by atoms with E-state index in [1.54, 1.807) is 0 Å². The van der Waals surface area contributed by atoms with Crippen molar-refractivity contribution in [1.82, 2.24) is 4.90 Å². The Labute approximate surface area is 99.0 Å². The molecule has 0 amide bonds. The smallest absolute Gasteiger partial charge is 0.303 e. The van der Waals surface area contributed by atoms with E-state index in [4.69, 9.17) is 5.11 Å². The lowest BCUT2D eigenvalue weighted by Crippen LogP contribution is -2.43. The van der Waals surface area contributed by atoms with Gasteiger partial charge in [0.05, 0.1) is 4.05 Å². The highest BCUT2D eigenvalue weighted by Gasteiger charge is 2.28. The van der Waals surface area contributed by atoms with Crippen LogP contribution in [-0.4, -0.2) is 32.6 Å². The quantitative estimate of drug-likeness (QED) is 0.494. The number of carboxylic acid groups (broad SMARTS) is 1. The fraction of sp³-hybridized carbons (Fsp3) is 0.900. The molecule has 2 atom stereocenters. The Morgan fingerprint density at radius 3 is 2.71 bits per heavy atom. The molecule has 2 unspecified atom stereocenters. The maximum Gasteiger partial charge on any atom is 0.303 e. The Morgan fingerprint density at radius 2 is 2.29 bits per heavy atom.